The second kappa shape index (κ2) is 10.5. The van der Waals surface area contributed by atoms with E-state index in [2.05, 4.69) is 5.32 Å². The number of benzene rings is 2. The lowest BCUT2D eigenvalue weighted by atomic mass is 9.98. The second-order valence-corrected chi connectivity index (χ2v) is 6.58. The molecule has 8 nitrogen and oxygen atoms in total. The minimum Gasteiger partial charge on any atom is -0.493 e. The van der Waals surface area contributed by atoms with Crippen molar-refractivity contribution in [2.24, 2.45) is 5.92 Å². The molecule has 0 atom stereocenters. The summed E-state index contributed by atoms with van der Waals surface area (Å²) in [6.07, 6.45) is -5.73. The van der Waals surface area contributed by atoms with E-state index in [-0.39, 0.29) is 25.3 Å². The monoisotopic (exact) mass is 455 g/mol. The van der Waals surface area contributed by atoms with Gasteiger partial charge in [0.2, 0.25) is 0 Å². The summed E-state index contributed by atoms with van der Waals surface area (Å²) >= 11 is 0. The van der Waals surface area contributed by atoms with E-state index in [9.17, 15) is 27.6 Å². The number of rotatable bonds is 9. The molecule has 0 saturated heterocycles. The number of aliphatic carboxylic acids is 2. The molecule has 0 aliphatic rings. The normalized spacial score (nSPS) is 11.2. The van der Waals surface area contributed by atoms with Gasteiger partial charge in [-0.05, 0) is 55.3 Å². The molecule has 3 N–H and O–H groups in total. The molecule has 0 radical (unpaired) electrons. The van der Waals surface area contributed by atoms with Crippen LogP contribution in [0.3, 0.4) is 0 Å². The Morgan fingerprint density at radius 1 is 1.03 bits per heavy atom. The van der Waals surface area contributed by atoms with Crippen LogP contribution in [0.1, 0.15) is 23.6 Å². The minimum absolute atomic E-state index is 0.0903. The number of alkyl halides is 3. The molecule has 172 valence electrons. The zero-order valence-corrected chi connectivity index (χ0v) is 16.8. The Balaban J connectivity index is 2.08. The van der Waals surface area contributed by atoms with Crippen LogP contribution in [0.15, 0.2) is 42.5 Å². The Bertz CT molecular complexity index is 960. The highest BCUT2D eigenvalue weighted by Gasteiger charge is 2.30. The number of anilines is 1. The van der Waals surface area contributed by atoms with Gasteiger partial charge in [0.25, 0.3) is 0 Å². The maximum atomic E-state index is 12.6. The van der Waals surface area contributed by atoms with Crippen molar-refractivity contribution in [3.8, 4) is 5.75 Å². The summed E-state index contributed by atoms with van der Waals surface area (Å²) in [4.78, 5) is 34.3. The van der Waals surface area contributed by atoms with E-state index in [1.165, 1.54) is 18.2 Å². The Labute approximate surface area is 180 Å². The molecule has 0 aliphatic heterocycles. The fourth-order valence-corrected chi connectivity index (χ4v) is 2.72. The van der Waals surface area contributed by atoms with Gasteiger partial charge in [0.05, 0.1) is 12.2 Å². The SMILES string of the molecule is CCOc1ccc(CC(C(=O)O)C(=O)O)cc1COC(=O)Nc1ccc(C(F)(F)F)cc1. The van der Waals surface area contributed by atoms with Crippen LogP contribution in [-0.4, -0.2) is 34.9 Å². The topological polar surface area (TPSA) is 122 Å². The van der Waals surface area contributed by atoms with Gasteiger partial charge in [0.1, 0.15) is 12.4 Å². The van der Waals surface area contributed by atoms with Gasteiger partial charge in [-0.3, -0.25) is 14.9 Å². The first-order chi connectivity index (χ1) is 15.0. The van der Waals surface area contributed by atoms with Gasteiger partial charge in [-0.25, -0.2) is 4.79 Å². The van der Waals surface area contributed by atoms with Crippen molar-refractivity contribution in [2.75, 3.05) is 11.9 Å². The number of nitrogens with one attached hydrogen (secondary N) is 1. The van der Waals surface area contributed by atoms with Crippen LogP contribution in [0.5, 0.6) is 5.75 Å². The van der Waals surface area contributed by atoms with Gasteiger partial charge in [0.15, 0.2) is 5.92 Å². The van der Waals surface area contributed by atoms with E-state index in [1.54, 1.807) is 6.92 Å². The number of hydrogen-bond donors (Lipinski definition) is 3. The third-order valence-corrected chi connectivity index (χ3v) is 4.28. The van der Waals surface area contributed by atoms with Crippen LogP contribution in [0.25, 0.3) is 0 Å². The van der Waals surface area contributed by atoms with Crippen molar-refractivity contribution in [1.82, 2.24) is 0 Å². The van der Waals surface area contributed by atoms with E-state index >= 15 is 0 Å². The number of carboxylic acids is 2. The highest BCUT2D eigenvalue weighted by molar-refractivity contribution is 5.93. The van der Waals surface area contributed by atoms with Gasteiger partial charge in [-0.1, -0.05) is 6.07 Å². The van der Waals surface area contributed by atoms with Crippen LogP contribution in [0.2, 0.25) is 0 Å². The largest absolute Gasteiger partial charge is 0.493 e. The first kappa shape index (κ1) is 24.5. The van der Waals surface area contributed by atoms with Gasteiger partial charge in [0, 0.05) is 11.3 Å². The van der Waals surface area contributed by atoms with Crippen LogP contribution in [-0.2, 0) is 33.5 Å². The van der Waals surface area contributed by atoms with Crippen molar-refractivity contribution < 1.29 is 47.2 Å². The molecule has 0 spiro atoms. The van der Waals surface area contributed by atoms with E-state index in [0.717, 1.165) is 24.3 Å². The van der Waals surface area contributed by atoms with Crippen molar-refractivity contribution in [3.63, 3.8) is 0 Å². The standard InChI is InChI=1S/C21H20F3NO7/c1-2-31-17-8-3-12(10-16(18(26)27)19(28)29)9-13(17)11-32-20(30)25-15-6-4-14(5-7-15)21(22,23)24/h3-9,16H,2,10-11H2,1H3,(H,25,30)(H,26,27)(H,28,29). The first-order valence-electron chi connectivity index (χ1n) is 9.32. The number of halogens is 3. The maximum Gasteiger partial charge on any atom is 0.416 e. The molecule has 0 aliphatic carbocycles. The minimum atomic E-state index is -4.50. The van der Waals surface area contributed by atoms with Gasteiger partial charge in [-0.2, -0.15) is 13.2 Å². The number of hydrogen-bond acceptors (Lipinski definition) is 5. The maximum absolute atomic E-state index is 12.6. The van der Waals surface area contributed by atoms with E-state index in [4.69, 9.17) is 19.7 Å². The van der Waals surface area contributed by atoms with E-state index in [1.807, 2.05) is 0 Å². The lowest BCUT2D eigenvalue weighted by molar-refractivity contribution is -0.154. The molecular weight excluding hydrogens is 435 g/mol. The molecule has 32 heavy (non-hydrogen) atoms. The molecular formula is C21H20F3NO7. The molecule has 0 fully saturated rings. The number of ether oxygens (including phenoxy) is 2. The summed E-state index contributed by atoms with van der Waals surface area (Å²) in [5.41, 5.74) is -0.0328. The van der Waals surface area contributed by atoms with E-state index < -0.39 is 35.7 Å². The summed E-state index contributed by atoms with van der Waals surface area (Å²) in [7, 11) is 0. The zero-order valence-electron chi connectivity index (χ0n) is 16.8. The molecule has 2 rings (SSSR count). The van der Waals surface area contributed by atoms with Crippen molar-refractivity contribution in [3.05, 3.63) is 59.2 Å². The lowest BCUT2D eigenvalue weighted by Crippen LogP contribution is -2.25. The smallest absolute Gasteiger partial charge is 0.416 e. The predicted octanol–water partition coefficient (Wildman–Crippen LogP) is 4.18. The van der Waals surface area contributed by atoms with Gasteiger partial charge in [-0.15, -0.1) is 0 Å². The van der Waals surface area contributed by atoms with Gasteiger partial charge >= 0.3 is 24.2 Å². The first-order valence-corrected chi connectivity index (χ1v) is 9.32. The number of amides is 1. The molecule has 0 aromatic heterocycles. The van der Waals surface area contributed by atoms with Crippen molar-refractivity contribution >= 4 is 23.7 Å². The molecule has 0 heterocycles. The van der Waals surface area contributed by atoms with Crippen LogP contribution < -0.4 is 10.1 Å². The van der Waals surface area contributed by atoms with Crippen LogP contribution in [0, 0.1) is 5.92 Å². The number of carboxylic acid groups (broad SMARTS) is 2. The van der Waals surface area contributed by atoms with Crippen molar-refractivity contribution in [2.45, 2.75) is 26.1 Å². The molecule has 0 bridgehead atoms. The Hall–Kier alpha value is -3.76. The fourth-order valence-electron chi connectivity index (χ4n) is 2.72. The van der Waals surface area contributed by atoms with Crippen LogP contribution >= 0.6 is 0 Å². The Kier molecular flexibility index (Phi) is 8.05. The van der Waals surface area contributed by atoms with Crippen LogP contribution in [0.4, 0.5) is 23.7 Å². The quantitative estimate of drug-likeness (QED) is 0.485. The summed E-state index contributed by atoms with van der Waals surface area (Å²) in [5, 5.41) is 20.4. The Morgan fingerprint density at radius 3 is 2.19 bits per heavy atom. The predicted molar refractivity (Wildman–Crippen MR) is 105 cm³/mol. The average molecular weight is 455 g/mol. The lowest BCUT2D eigenvalue weighted by Gasteiger charge is -2.14. The Morgan fingerprint density at radius 2 is 1.66 bits per heavy atom. The highest BCUT2D eigenvalue weighted by Crippen LogP contribution is 2.30. The molecule has 0 saturated carbocycles. The summed E-state index contributed by atoms with van der Waals surface area (Å²) in [6.45, 7) is 1.71. The fraction of sp³-hybridized carbons (Fsp3) is 0.286. The zero-order chi connectivity index (χ0) is 23.9. The molecule has 1 amide bonds. The molecule has 2 aromatic rings. The third-order valence-electron chi connectivity index (χ3n) is 4.28. The highest BCUT2D eigenvalue weighted by atomic mass is 19.4. The third kappa shape index (κ3) is 6.89. The second-order valence-electron chi connectivity index (χ2n) is 6.58. The van der Waals surface area contributed by atoms with E-state index in [0.29, 0.717) is 16.9 Å². The number of carbonyl (C=O) groups excluding carboxylic acids is 1. The number of carbonyl (C=O) groups is 3. The molecule has 0 unspecified atom stereocenters. The molecule has 11 heteroatoms. The molecule has 2 aromatic carbocycles. The summed E-state index contributed by atoms with van der Waals surface area (Å²) in [6, 6.07) is 8.26. The average Bonchev–Trinajstić information content (AvgIpc) is 2.71. The summed E-state index contributed by atoms with van der Waals surface area (Å²) < 4.78 is 48.3. The van der Waals surface area contributed by atoms with Crippen molar-refractivity contribution in [1.29, 1.82) is 0 Å². The van der Waals surface area contributed by atoms with Gasteiger partial charge < -0.3 is 19.7 Å². The summed E-state index contributed by atoms with van der Waals surface area (Å²) in [5.74, 6) is -4.27.